The minimum Gasteiger partial charge on any atom is -0.492 e. The highest BCUT2D eigenvalue weighted by Gasteiger charge is 2.34. The van der Waals surface area contributed by atoms with Gasteiger partial charge in [0.15, 0.2) is 0 Å². The molecule has 0 aromatic heterocycles. The zero-order valence-corrected chi connectivity index (χ0v) is 15.4. The van der Waals surface area contributed by atoms with Gasteiger partial charge >= 0.3 is 0 Å². The second-order valence-electron chi connectivity index (χ2n) is 6.31. The monoisotopic (exact) mass is 341 g/mol. The zero-order chi connectivity index (χ0) is 17.2. The van der Waals surface area contributed by atoms with Crippen molar-refractivity contribution >= 4 is 10.0 Å². The van der Waals surface area contributed by atoms with Crippen molar-refractivity contribution in [2.24, 2.45) is 0 Å². The lowest BCUT2D eigenvalue weighted by atomic mass is 10.1. The SMILES string of the molecule is CCCOc1cc(C)c(C)cc1S(=O)(=O)N1C[C@@H](C)O[C@@H](C)C1. The quantitative estimate of drug-likeness (QED) is 0.826. The maximum Gasteiger partial charge on any atom is 0.246 e. The van der Waals surface area contributed by atoms with E-state index < -0.39 is 10.0 Å². The normalized spacial score (nSPS) is 23.0. The second-order valence-corrected chi connectivity index (χ2v) is 8.22. The Hall–Kier alpha value is -1.11. The summed E-state index contributed by atoms with van der Waals surface area (Å²) in [7, 11) is -3.60. The topological polar surface area (TPSA) is 55.8 Å². The lowest BCUT2D eigenvalue weighted by Crippen LogP contribution is -2.48. The summed E-state index contributed by atoms with van der Waals surface area (Å²) in [5.74, 6) is 0.446. The van der Waals surface area contributed by atoms with Gasteiger partial charge in [-0.15, -0.1) is 0 Å². The maximum absolute atomic E-state index is 13.1. The predicted octanol–water partition coefficient (Wildman–Crippen LogP) is 2.89. The highest BCUT2D eigenvalue weighted by molar-refractivity contribution is 7.89. The van der Waals surface area contributed by atoms with Gasteiger partial charge in [0.05, 0.1) is 18.8 Å². The Morgan fingerprint density at radius 2 is 1.74 bits per heavy atom. The van der Waals surface area contributed by atoms with Crippen molar-refractivity contribution in [1.82, 2.24) is 4.31 Å². The Morgan fingerprint density at radius 1 is 1.17 bits per heavy atom. The van der Waals surface area contributed by atoms with Crippen LogP contribution in [-0.2, 0) is 14.8 Å². The van der Waals surface area contributed by atoms with E-state index in [2.05, 4.69) is 0 Å². The molecule has 0 unspecified atom stereocenters. The first-order chi connectivity index (χ1) is 10.8. The van der Waals surface area contributed by atoms with Gasteiger partial charge in [-0.2, -0.15) is 4.31 Å². The van der Waals surface area contributed by atoms with Crippen molar-refractivity contribution < 1.29 is 17.9 Å². The standard InChI is InChI=1S/C17H27NO4S/c1-6-7-21-16-8-12(2)13(3)9-17(16)23(19,20)18-10-14(4)22-15(5)11-18/h8-9,14-15H,6-7,10-11H2,1-5H3/t14-,15+. The van der Waals surface area contributed by atoms with Gasteiger partial charge in [0.2, 0.25) is 10.0 Å². The number of morpholine rings is 1. The van der Waals surface area contributed by atoms with Gasteiger partial charge in [0.25, 0.3) is 0 Å². The summed E-state index contributed by atoms with van der Waals surface area (Å²) in [6.45, 7) is 10.9. The van der Waals surface area contributed by atoms with Crippen molar-refractivity contribution in [2.45, 2.75) is 58.1 Å². The van der Waals surface area contributed by atoms with Crippen LogP contribution in [0.3, 0.4) is 0 Å². The molecule has 1 aromatic rings. The molecule has 1 fully saturated rings. The maximum atomic E-state index is 13.1. The van der Waals surface area contributed by atoms with E-state index in [1.54, 1.807) is 6.07 Å². The number of ether oxygens (including phenoxy) is 2. The Bertz CT molecular complexity index is 647. The lowest BCUT2D eigenvalue weighted by Gasteiger charge is -2.34. The number of nitrogens with zero attached hydrogens (tertiary/aromatic N) is 1. The molecule has 1 aliphatic heterocycles. The van der Waals surface area contributed by atoms with Gasteiger partial charge < -0.3 is 9.47 Å². The van der Waals surface area contributed by atoms with Gasteiger partial charge in [0, 0.05) is 13.1 Å². The second kappa shape index (κ2) is 7.20. The van der Waals surface area contributed by atoms with E-state index in [0.717, 1.165) is 17.5 Å². The summed E-state index contributed by atoms with van der Waals surface area (Å²) in [5, 5.41) is 0. The van der Waals surface area contributed by atoms with Crippen LogP contribution in [0.5, 0.6) is 5.75 Å². The van der Waals surface area contributed by atoms with Gasteiger partial charge in [-0.05, 0) is 57.4 Å². The highest BCUT2D eigenvalue weighted by Crippen LogP contribution is 2.31. The van der Waals surface area contributed by atoms with Crippen molar-refractivity contribution in [2.75, 3.05) is 19.7 Å². The van der Waals surface area contributed by atoms with Crippen LogP contribution in [-0.4, -0.2) is 44.6 Å². The van der Waals surface area contributed by atoms with E-state index >= 15 is 0 Å². The Morgan fingerprint density at radius 3 is 2.30 bits per heavy atom. The van der Waals surface area contributed by atoms with Crippen molar-refractivity contribution in [1.29, 1.82) is 0 Å². The first-order valence-corrected chi connectivity index (χ1v) is 9.59. The van der Waals surface area contributed by atoms with E-state index in [1.807, 2.05) is 40.7 Å². The number of benzene rings is 1. The molecule has 1 aromatic carbocycles. The molecule has 0 spiro atoms. The molecule has 5 nitrogen and oxygen atoms in total. The van der Waals surface area contributed by atoms with Crippen LogP contribution in [0.25, 0.3) is 0 Å². The van der Waals surface area contributed by atoms with Crippen molar-refractivity contribution in [3.05, 3.63) is 23.3 Å². The number of aryl methyl sites for hydroxylation is 2. The van der Waals surface area contributed by atoms with Crippen LogP contribution < -0.4 is 4.74 Å². The fourth-order valence-electron chi connectivity index (χ4n) is 2.76. The Balaban J connectivity index is 2.43. The van der Waals surface area contributed by atoms with Crippen LogP contribution in [0.15, 0.2) is 17.0 Å². The Labute approximate surface area is 139 Å². The first kappa shape index (κ1) is 18.2. The molecular formula is C17H27NO4S. The number of hydrogen-bond acceptors (Lipinski definition) is 4. The number of sulfonamides is 1. The molecule has 0 amide bonds. The van der Waals surface area contributed by atoms with Gasteiger partial charge in [-0.1, -0.05) is 6.92 Å². The van der Waals surface area contributed by atoms with Crippen molar-refractivity contribution in [3.8, 4) is 5.75 Å². The first-order valence-electron chi connectivity index (χ1n) is 8.15. The molecule has 0 aliphatic carbocycles. The van der Waals surface area contributed by atoms with Crippen LogP contribution in [0.2, 0.25) is 0 Å². The largest absolute Gasteiger partial charge is 0.492 e. The van der Waals surface area contributed by atoms with Gasteiger partial charge in [0.1, 0.15) is 10.6 Å². The third-order valence-electron chi connectivity index (χ3n) is 4.03. The van der Waals surface area contributed by atoms with Crippen LogP contribution in [0.1, 0.15) is 38.3 Å². The average Bonchev–Trinajstić information content (AvgIpc) is 2.47. The number of hydrogen-bond donors (Lipinski definition) is 0. The van der Waals surface area contributed by atoms with E-state index in [9.17, 15) is 8.42 Å². The van der Waals surface area contributed by atoms with E-state index in [-0.39, 0.29) is 17.1 Å². The van der Waals surface area contributed by atoms with Crippen LogP contribution >= 0.6 is 0 Å². The average molecular weight is 341 g/mol. The molecular weight excluding hydrogens is 314 g/mol. The third kappa shape index (κ3) is 4.05. The van der Waals surface area contributed by atoms with Crippen molar-refractivity contribution in [3.63, 3.8) is 0 Å². The fraction of sp³-hybridized carbons (Fsp3) is 0.647. The molecule has 1 saturated heterocycles. The third-order valence-corrected chi connectivity index (χ3v) is 5.88. The summed E-state index contributed by atoms with van der Waals surface area (Å²) in [6, 6.07) is 3.55. The van der Waals surface area contributed by atoms with Crippen LogP contribution in [0.4, 0.5) is 0 Å². The molecule has 2 rings (SSSR count). The van der Waals surface area contributed by atoms with Gasteiger partial charge in [-0.25, -0.2) is 8.42 Å². The van der Waals surface area contributed by atoms with E-state index in [1.165, 1.54) is 4.31 Å². The van der Waals surface area contributed by atoms with Gasteiger partial charge in [-0.3, -0.25) is 0 Å². The van der Waals surface area contributed by atoms with E-state index in [0.29, 0.717) is 25.4 Å². The summed E-state index contributed by atoms with van der Waals surface area (Å²) >= 11 is 0. The molecule has 1 heterocycles. The highest BCUT2D eigenvalue weighted by atomic mass is 32.2. The molecule has 2 atom stereocenters. The molecule has 0 saturated carbocycles. The molecule has 130 valence electrons. The van der Waals surface area contributed by atoms with E-state index in [4.69, 9.17) is 9.47 Å². The smallest absolute Gasteiger partial charge is 0.246 e. The fourth-order valence-corrected chi connectivity index (χ4v) is 4.54. The predicted molar refractivity (Wildman–Crippen MR) is 90.5 cm³/mol. The zero-order valence-electron chi connectivity index (χ0n) is 14.6. The Kier molecular flexibility index (Phi) is 5.70. The minimum absolute atomic E-state index is 0.111. The summed E-state index contributed by atoms with van der Waals surface area (Å²) in [4.78, 5) is 0.260. The lowest BCUT2D eigenvalue weighted by molar-refractivity contribution is -0.0441. The molecule has 6 heteroatoms. The molecule has 0 radical (unpaired) electrons. The van der Waals surface area contributed by atoms with Crippen LogP contribution in [0, 0.1) is 13.8 Å². The molecule has 23 heavy (non-hydrogen) atoms. The molecule has 1 aliphatic rings. The summed E-state index contributed by atoms with van der Waals surface area (Å²) < 4.78 is 39.1. The molecule has 0 N–H and O–H groups in total. The number of rotatable bonds is 5. The molecule has 0 bridgehead atoms. The summed E-state index contributed by atoms with van der Waals surface area (Å²) in [5.41, 5.74) is 1.97. The summed E-state index contributed by atoms with van der Waals surface area (Å²) in [6.07, 6.45) is 0.609. The minimum atomic E-state index is -3.60.